The second-order valence-corrected chi connectivity index (χ2v) is 4.22. The van der Waals surface area contributed by atoms with E-state index in [-0.39, 0.29) is 0 Å². The summed E-state index contributed by atoms with van der Waals surface area (Å²) < 4.78 is 0. The van der Waals surface area contributed by atoms with Crippen LogP contribution in [-0.4, -0.2) is 11.7 Å². The Kier molecular flexibility index (Phi) is 4.67. The van der Waals surface area contributed by atoms with Gasteiger partial charge in [-0.1, -0.05) is 39.0 Å². The fraction of sp³-hybridized carbons (Fsp3) is 1.00. The van der Waals surface area contributed by atoms with Gasteiger partial charge < -0.3 is 5.11 Å². The molecule has 0 aromatic rings. The van der Waals surface area contributed by atoms with Crippen LogP contribution in [0.3, 0.4) is 0 Å². The Labute approximate surface area is 76.2 Å². The molecule has 1 N–H and O–H groups in total. The lowest BCUT2D eigenvalue weighted by atomic mass is 9.91. The van der Waals surface area contributed by atoms with Crippen LogP contribution in [0.15, 0.2) is 0 Å². The minimum atomic E-state index is 0.407. The number of aliphatic hydroxyl groups excluding tert-OH is 1. The molecule has 0 aromatic carbocycles. The van der Waals surface area contributed by atoms with Crippen LogP contribution in [0, 0.1) is 11.8 Å². The summed E-state index contributed by atoms with van der Waals surface area (Å²) in [6, 6.07) is 0. The van der Waals surface area contributed by atoms with Crippen molar-refractivity contribution in [2.45, 2.75) is 51.9 Å². The highest BCUT2D eigenvalue weighted by molar-refractivity contribution is 4.71. The highest BCUT2D eigenvalue weighted by Crippen LogP contribution is 2.31. The van der Waals surface area contributed by atoms with Gasteiger partial charge in [0.1, 0.15) is 0 Å². The van der Waals surface area contributed by atoms with Crippen LogP contribution in [0.4, 0.5) is 0 Å². The summed E-state index contributed by atoms with van der Waals surface area (Å²) >= 11 is 0. The van der Waals surface area contributed by atoms with Crippen LogP contribution in [-0.2, 0) is 0 Å². The molecule has 1 rings (SSSR count). The topological polar surface area (TPSA) is 20.2 Å². The molecule has 0 radical (unpaired) electrons. The Morgan fingerprint density at radius 1 is 1.33 bits per heavy atom. The zero-order valence-corrected chi connectivity index (χ0v) is 8.26. The lowest BCUT2D eigenvalue weighted by Gasteiger charge is -2.17. The molecule has 1 heteroatoms. The minimum absolute atomic E-state index is 0.407. The van der Waals surface area contributed by atoms with Gasteiger partial charge in [0.15, 0.2) is 0 Å². The first kappa shape index (κ1) is 10.0. The van der Waals surface area contributed by atoms with Crippen molar-refractivity contribution in [3.8, 4) is 0 Å². The summed E-state index contributed by atoms with van der Waals surface area (Å²) in [6.07, 6.45) is 9.40. The minimum Gasteiger partial charge on any atom is -0.396 e. The molecule has 12 heavy (non-hydrogen) atoms. The standard InChI is InChI=1S/C11H22O/c1-2-5-11(9-12)8-10-6-3-4-7-10/h10-12H,2-9H2,1H3. The van der Waals surface area contributed by atoms with E-state index in [2.05, 4.69) is 6.92 Å². The average Bonchev–Trinajstić information content (AvgIpc) is 2.56. The van der Waals surface area contributed by atoms with Crippen molar-refractivity contribution < 1.29 is 5.11 Å². The quantitative estimate of drug-likeness (QED) is 0.672. The fourth-order valence-corrected chi connectivity index (χ4v) is 2.41. The Balaban J connectivity index is 2.16. The number of hydrogen-bond acceptors (Lipinski definition) is 1. The zero-order valence-electron chi connectivity index (χ0n) is 8.26. The van der Waals surface area contributed by atoms with Gasteiger partial charge in [-0.25, -0.2) is 0 Å². The van der Waals surface area contributed by atoms with Gasteiger partial charge in [0.2, 0.25) is 0 Å². The van der Waals surface area contributed by atoms with Crippen molar-refractivity contribution in [3.63, 3.8) is 0 Å². The molecular formula is C11H22O. The van der Waals surface area contributed by atoms with E-state index in [4.69, 9.17) is 5.11 Å². The van der Waals surface area contributed by atoms with Gasteiger partial charge in [-0.2, -0.15) is 0 Å². The van der Waals surface area contributed by atoms with Gasteiger partial charge in [-0.15, -0.1) is 0 Å². The molecule has 0 aliphatic heterocycles. The number of hydrogen-bond donors (Lipinski definition) is 1. The van der Waals surface area contributed by atoms with Crippen LogP contribution in [0.5, 0.6) is 0 Å². The van der Waals surface area contributed by atoms with E-state index in [0.29, 0.717) is 12.5 Å². The molecule has 0 bridgehead atoms. The van der Waals surface area contributed by atoms with E-state index in [1.807, 2.05) is 0 Å². The van der Waals surface area contributed by atoms with Crippen molar-refractivity contribution in [2.75, 3.05) is 6.61 Å². The Hall–Kier alpha value is -0.0400. The summed E-state index contributed by atoms with van der Waals surface area (Å²) in [4.78, 5) is 0. The monoisotopic (exact) mass is 170 g/mol. The molecule has 1 atom stereocenters. The summed E-state index contributed by atoms with van der Waals surface area (Å²) in [5.41, 5.74) is 0. The van der Waals surface area contributed by atoms with Gasteiger partial charge in [-0.05, 0) is 24.7 Å². The predicted octanol–water partition coefficient (Wildman–Crippen LogP) is 2.98. The van der Waals surface area contributed by atoms with Crippen LogP contribution in [0.25, 0.3) is 0 Å². The average molecular weight is 170 g/mol. The molecule has 0 amide bonds. The molecule has 1 saturated carbocycles. The molecular weight excluding hydrogens is 148 g/mol. The third-order valence-electron chi connectivity index (χ3n) is 3.10. The number of aliphatic hydroxyl groups is 1. The van der Waals surface area contributed by atoms with Crippen LogP contribution >= 0.6 is 0 Å². The maximum Gasteiger partial charge on any atom is 0.0459 e. The molecule has 0 saturated heterocycles. The molecule has 1 unspecified atom stereocenters. The molecule has 1 nitrogen and oxygen atoms in total. The first-order chi connectivity index (χ1) is 5.86. The molecule has 1 fully saturated rings. The Morgan fingerprint density at radius 2 is 2.00 bits per heavy atom. The summed E-state index contributed by atoms with van der Waals surface area (Å²) in [5.74, 6) is 1.53. The van der Waals surface area contributed by atoms with Gasteiger partial charge in [0.25, 0.3) is 0 Å². The lowest BCUT2D eigenvalue weighted by Crippen LogP contribution is -2.10. The van der Waals surface area contributed by atoms with Crippen molar-refractivity contribution in [2.24, 2.45) is 11.8 Å². The van der Waals surface area contributed by atoms with Crippen molar-refractivity contribution >= 4 is 0 Å². The van der Waals surface area contributed by atoms with E-state index in [0.717, 1.165) is 5.92 Å². The number of rotatable bonds is 5. The zero-order chi connectivity index (χ0) is 8.81. The van der Waals surface area contributed by atoms with E-state index in [1.54, 1.807) is 0 Å². The molecule has 1 aliphatic carbocycles. The first-order valence-corrected chi connectivity index (χ1v) is 5.47. The third kappa shape index (κ3) is 3.14. The SMILES string of the molecule is CCCC(CO)CC1CCCC1. The summed E-state index contributed by atoms with van der Waals surface area (Å²) in [6.45, 7) is 2.61. The first-order valence-electron chi connectivity index (χ1n) is 5.47. The van der Waals surface area contributed by atoms with Crippen LogP contribution in [0.2, 0.25) is 0 Å². The maximum atomic E-state index is 9.12. The molecule has 0 spiro atoms. The highest BCUT2D eigenvalue weighted by atomic mass is 16.3. The normalized spacial score (nSPS) is 21.5. The van der Waals surface area contributed by atoms with Crippen molar-refractivity contribution in [3.05, 3.63) is 0 Å². The second-order valence-electron chi connectivity index (χ2n) is 4.22. The molecule has 1 aliphatic rings. The third-order valence-corrected chi connectivity index (χ3v) is 3.10. The van der Waals surface area contributed by atoms with Gasteiger partial charge in [0.05, 0.1) is 0 Å². The molecule has 72 valence electrons. The van der Waals surface area contributed by atoms with Gasteiger partial charge in [0, 0.05) is 6.61 Å². The molecule has 0 heterocycles. The highest BCUT2D eigenvalue weighted by Gasteiger charge is 2.18. The van der Waals surface area contributed by atoms with Gasteiger partial charge >= 0.3 is 0 Å². The van der Waals surface area contributed by atoms with Crippen molar-refractivity contribution in [1.82, 2.24) is 0 Å². The van der Waals surface area contributed by atoms with Crippen molar-refractivity contribution in [1.29, 1.82) is 0 Å². The van der Waals surface area contributed by atoms with Crippen LogP contribution in [0.1, 0.15) is 51.9 Å². The van der Waals surface area contributed by atoms with E-state index < -0.39 is 0 Å². The second kappa shape index (κ2) is 5.58. The van der Waals surface area contributed by atoms with Gasteiger partial charge in [-0.3, -0.25) is 0 Å². The summed E-state index contributed by atoms with van der Waals surface area (Å²) in [7, 11) is 0. The maximum absolute atomic E-state index is 9.12. The van der Waals surface area contributed by atoms with E-state index in [1.165, 1.54) is 44.9 Å². The Morgan fingerprint density at radius 3 is 2.50 bits per heavy atom. The summed E-state index contributed by atoms with van der Waals surface area (Å²) in [5, 5.41) is 9.12. The van der Waals surface area contributed by atoms with E-state index >= 15 is 0 Å². The predicted molar refractivity (Wildman–Crippen MR) is 52.1 cm³/mol. The lowest BCUT2D eigenvalue weighted by molar-refractivity contribution is 0.192. The Bertz CT molecular complexity index is 106. The smallest absolute Gasteiger partial charge is 0.0459 e. The van der Waals surface area contributed by atoms with E-state index in [9.17, 15) is 0 Å². The fourth-order valence-electron chi connectivity index (χ4n) is 2.41. The molecule has 0 aromatic heterocycles. The largest absolute Gasteiger partial charge is 0.396 e. The van der Waals surface area contributed by atoms with Crippen LogP contribution < -0.4 is 0 Å².